The molecule has 0 aliphatic rings. The van der Waals surface area contributed by atoms with Crippen molar-refractivity contribution in [2.24, 2.45) is 0 Å². The lowest BCUT2D eigenvalue weighted by Gasteiger charge is -2.06. The van der Waals surface area contributed by atoms with E-state index in [9.17, 15) is 9.90 Å². The number of hydrogen-bond donors (Lipinski definition) is 2. The first kappa shape index (κ1) is 17.1. The second-order valence-corrected chi connectivity index (χ2v) is 6.82. The van der Waals surface area contributed by atoms with Gasteiger partial charge in [0.2, 0.25) is 5.89 Å². The van der Waals surface area contributed by atoms with Gasteiger partial charge in [-0.1, -0.05) is 24.3 Å². The van der Waals surface area contributed by atoms with Crippen LogP contribution in [-0.4, -0.2) is 16.0 Å². The van der Waals surface area contributed by atoms with Crippen molar-refractivity contribution >= 4 is 33.7 Å². The molecule has 6 nitrogen and oxygen atoms in total. The first-order chi connectivity index (χ1) is 14.1. The first-order valence-electron chi connectivity index (χ1n) is 9.07. The average Bonchev–Trinajstić information content (AvgIpc) is 3.31. The van der Waals surface area contributed by atoms with E-state index in [4.69, 9.17) is 8.83 Å². The van der Waals surface area contributed by atoms with Gasteiger partial charge in [0.05, 0.1) is 5.56 Å². The number of rotatable bonds is 3. The smallest absolute Gasteiger partial charge is 0.291 e. The van der Waals surface area contributed by atoms with Crippen LogP contribution in [0, 0.1) is 6.92 Å². The Balaban J connectivity index is 1.42. The fraction of sp³-hybridized carbons (Fsp3) is 0.0435. The van der Waals surface area contributed by atoms with Crippen LogP contribution in [0.5, 0.6) is 5.75 Å². The van der Waals surface area contributed by atoms with Crippen molar-refractivity contribution in [2.75, 3.05) is 5.32 Å². The number of aromatic hydroxyl groups is 1. The van der Waals surface area contributed by atoms with Gasteiger partial charge >= 0.3 is 0 Å². The number of furan rings is 1. The number of nitrogens with one attached hydrogen (secondary N) is 1. The number of benzene rings is 3. The minimum absolute atomic E-state index is 0.0457. The summed E-state index contributed by atoms with van der Waals surface area (Å²) < 4.78 is 11.3. The van der Waals surface area contributed by atoms with Gasteiger partial charge in [0.25, 0.3) is 5.91 Å². The van der Waals surface area contributed by atoms with E-state index >= 15 is 0 Å². The molecular formula is C23H16N2O4. The van der Waals surface area contributed by atoms with Gasteiger partial charge in [-0.2, -0.15) is 0 Å². The number of amides is 1. The van der Waals surface area contributed by atoms with Crippen LogP contribution in [0.4, 0.5) is 5.69 Å². The Morgan fingerprint density at radius 2 is 1.83 bits per heavy atom. The summed E-state index contributed by atoms with van der Waals surface area (Å²) in [4.78, 5) is 16.9. The summed E-state index contributed by atoms with van der Waals surface area (Å²) in [6, 6.07) is 19.6. The number of fused-ring (bicyclic) bond motifs is 2. The third-order valence-electron chi connectivity index (χ3n) is 4.68. The third kappa shape index (κ3) is 3.10. The molecule has 0 saturated carbocycles. The average molecular weight is 384 g/mol. The predicted octanol–water partition coefficient (Wildman–Crippen LogP) is 5.51. The summed E-state index contributed by atoms with van der Waals surface area (Å²) in [6.45, 7) is 1.98. The highest BCUT2D eigenvalue weighted by Crippen LogP contribution is 2.33. The standard InChI is InChI=1S/C23H16N2O4/c1-13-6-9-20-17(10-13)25-23(29-20)16-8-7-15(12-18(16)26)24-22(27)21-11-14-4-2-3-5-19(14)28-21/h2-12,26H,1H3,(H,24,27). The van der Waals surface area contributed by atoms with Crippen LogP contribution in [0.15, 0.2) is 75.6 Å². The SMILES string of the molecule is Cc1ccc2oc(-c3ccc(NC(=O)c4cc5ccccc5o4)cc3O)nc2c1. The molecule has 2 N–H and O–H groups in total. The number of aromatic nitrogens is 1. The molecular weight excluding hydrogens is 368 g/mol. The monoisotopic (exact) mass is 384 g/mol. The molecule has 3 aromatic carbocycles. The Kier molecular flexibility index (Phi) is 3.84. The summed E-state index contributed by atoms with van der Waals surface area (Å²) in [7, 11) is 0. The Labute approximate surface area is 165 Å². The van der Waals surface area contributed by atoms with Crippen molar-refractivity contribution in [1.82, 2.24) is 4.98 Å². The van der Waals surface area contributed by atoms with Crippen LogP contribution in [-0.2, 0) is 0 Å². The Bertz CT molecular complexity index is 1350. The minimum atomic E-state index is -0.398. The number of carbonyl (C=O) groups excluding carboxylic acids is 1. The van der Waals surface area contributed by atoms with Crippen molar-refractivity contribution in [3.05, 3.63) is 78.1 Å². The number of para-hydroxylation sites is 1. The Morgan fingerprint density at radius 3 is 2.66 bits per heavy atom. The maximum atomic E-state index is 12.5. The maximum absolute atomic E-state index is 12.5. The molecule has 0 saturated heterocycles. The largest absolute Gasteiger partial charge is 0.507 e. The molecule has 0 spiro atoms. The van der Waals surface area contributed by atoms with Crippen LogP contribution < -0.4 is 5.32 Å². The van der Waals surface area contributed by atoms with Crippen LogP contribution in [0.2, 0.25) is 0 Å². The molecule has 2 heterocycles. The number of carbonyl (C=O) groups is 1. The van der Waals surface area contributed by atoms with Gasteiger partial charge < -0.3 is 19.3 Å². The number of aryl methyl sites for hydroxylation is 1. The molecule has 142 valence electrons. The van der Waals surface area contributed by atoms with Crippen molar-refractivity contribution in [3.63, 3.8) is 0 Å². The molecule has 0 fully saturated rings. The van der Waals surface area contributed by atoms with Crippen LogP contribution in [0.25, 0.3) is 33.5 Å². The molecule has 29 heavy (non-hydrogen) atoms. The molecule has 5 aromatic rings. The number of oxazole rings is 1. The van der Waals surface area contributed by atoms with Crippen LogP contribution >= 0.6 is 0 Å². The molecule has 1 amide bonds. The molecule has 0 aliphatic heterocycles. The lowest BCUT2D eigenvalue weighted by atomic mass is 10.1. The molecule has 0 atom stereocenters. The van der Waals surface area contributed by atoms with E-state index in [1.807, 2.05) is 43.3 Å². The number of phenols is 1. The summed E-state index contributed by atoms with van der Waals surface area (Å²) in [5, 5.41) is 14.0. The Hall–Kier alpha value is -4.06. The highest BCUT2D eigenvalue weighted by molar-refractivity contribution is 6.04. The van der Waals surface area contributed by atoms with Gasteiger partial charge in [-0.05, 0) is 48.9 Å². The topological polar surface area (TPSA) is 88.5 Å². The van der Waals surface area contributed by atoms with E-state index in [1.54, 1.807) is 24.3 Å². The van der Waals surface area contributed by atoms with E-state index < -0.39 is 5.91 Å². The Morgan fingerprint density at radius 1 is 0.966 bits per heavy atom. The van der Waals surface area contributed by atoms with E-state index in [-0.39, 0.29) is 11.5 Å². The summed E-state index contributed by atoms with van der Waals surface area (Å²) in [5.41, 5.74) is 3.96. The predicted molar refractivity (Wildman–Crippen MR) is 110 cm³/mol. The van der Waals surface area contributed by atoms with Crippen molar-refractivity contribution in [2.45, 2.75) is 6.92 Å². The molecule has 2 aromatic heterocycles. The number of nitrogens with zero attached hydrogens (tertiary/aromatic N) is 1. The van der Waals surface area contributed by atoms with Gasteiger partial charge in [0.15, 0.2) is 11.3 Å². The van der Waals surface area contributed by atoms with Crippen molar-refractivity contribution < 1.29 is 18.7 Å². The van der Waals surface area contributed by atoms with Crippen molar-refractivity contribution in [1.29, 1.82) is 0 Å². The summed E-state index contributed by atoms with van der Waals surface area (Å²) in [5.74, 6) is 0.0729. The normalized spacial score (nSPS) is 11.2. The lowest BCUT2D eigenvalue weighted by Crippen LogP contribution is -2.10. The van der Waals surface area contributed by atoms with Gasteiger partial charge in [0, 0.05) is 17.1 Å². The molecule has 0 unspecified atom stereocenters. The van der Waals surface area contributed by atoms with E-state index in [1.165, 1.54) is 6.07 Å². The van der Waals surface area contributed by atoms with Crippen LogP contribution in [0.3, 0.4) is 0 Å². The number of phenolic OH excluding ortho intramolecular Hbond substituents is 1. The second kappa shape index (κ2) is 6.53. The zero-order valence-electron chi connectivity index (χ0n) is 15.5. The van der Waals surface area contributed by atoms with Gasteiger partial charge in [-0.3, -0.25) is 4.79 Å². The van der Waals surface area contributed by atoms with Gasteiger partial charge in [-0.25, -0.2) is 4.98 Å². The maximum Gasteiger partial charge on any atom is 0.291 e. The lowest BCUT2D eigenvalue weighted by molar-refractivity contribution is 0.0998. The number of hydrogen-bond acceptors (Lipinski definition) is 5. The van der Waals surface area contributed by atoms with Crippen molar-refractivity contribution in [3.8, 4) is 17.2 Å². The van der Waals surface area contributed by atoms with Crippen LogP contribution in [0.1, 0.15) is 16.1 Å². The fourth-order valence-electron chi connectivity index (χ4n) is 3.23. The summed E-state index contributed by atoms with van der Waals surface area (Å²) >= 11 is 0. The summed E-state index contributed by atoms with van der Waals surface area (Å²) in [6.07, 6.45) is 0. The molecule has 5 rings (SSSR count). The van der Waals surface area contributed by atoms with Gasteiger partial charge in [0.1, 0.15) is 16.8 Å². The fourth-order valence-corrected chi connectivity index (χ4v) is 3.23. The van der Waals surface area contributed by atoms with E-state index in [0.717, 1.165) is 16.5 Å². The second-order valence-electron chi connectivity index (χ2n) is 6.82. The minimum Gasteiger partial charge on any atom is -0.507 e. The molecule has 0 aliphatic carbocycles. The quantitative estimate of drug-likeness (QED) is 0.428. The van der Waals surface area contributed by atoms with E-state index in [0.29, 0.717) is 28.3 Å². The highest BCUT2D eigenvalue weighted by atomic mass is 16.4. The number of anilines is 1. The van der Waals surface area contributed by atoms with E-state index in [2.05, 4.69) is 10.3 Å². The molecule has 6 heteroatoms. The highest BCUT2D eigenvalue weighted by Gasteiger charge is 2.16. The third-order valence-corrected chi connectivity index (χ3v) is 4.68. The molecule has 0 bridgehead atoms. The molecule has 0 radical (unpaired) electrons. The van der Waals surface area contributed by atoms with Gasteiger partial charge in [-0.15, -0.1) is 0 Å². The zero-order chi connectivity index (χ0) is 20.0. The first-order valence-corrected chi connectivity index (χ1v) is 9.07. The zero-order valence-corrected chi connectivity index (χ0v) is 15.5.